The third kappa shape index (κ3) is 4.76. The van der Waals surface area contributed by atoms with Gasteiger partial charge in [-0.15, -0.1) is 0 Å². The minimum Gasteiger partial charge on any atom is -0.437 e. The molecule has 4 aromatic heterocycles. The number of methoxy groups -OCH3 is 1. The maximum Gasteiger partial charge on any atom is 0.255 e. The molecule has 1 saturated heterocycles. The number of hydrogen-bond acceptors (Lipinski definition) is 9. The van der Waals surface area contributed by atoms with Gasteiger partial charge in [-0.3, -0.25) is 4.79 Å². The Kier molecular flexibility index (Phi) is 6.37. The second kappa shape index (κ2) is 9.79. The SMILES string of the molecule is CO[C@@H]1CN(C(=O)c2ccc(Nc3cc(Oc4cnc(C#N)cc4C)nc4c3ncn4C)nc2)C[C@H]1F. The number of ether oxygens (including phenoxy) is 2. The molecule has 0 radical (unpaired) electrons. The predicted molar refractivity (Wildman–Crippen MR) is 131 cm³/mol. The van der Waals surface area contributed by atoms with Crippen LogP contribution >= 0.6 is 0 Å². The molecule has 2 atom stereocenters. The summed E-state index contributed by atoms with van der Waals surface area (Å²) in [5, 5.41) is 12.3. The first kappa shape index (κ1) is 24.1. The maximum absolute atomic E-state index is 14.0. The zero-order valence-corrected chi connectivity index (χ0v) is 20.3. The molecule has 1 fully saturated rings. The highest BCUT2D eigenvalue weighted by Gasteiger charge is 2.35. The Bertz CT molecular complexity index is 1520. The summed E-state index contributed by atoms with van der Waals surface area (Å²) in [5.41, 5.74) is 3.15. The smallest absolute Gasteiger partial charge is 0.255 e. The number of pyridine rings is 3. The highest BCUT2D eigenvalue weighted by Crippen LogP contribution is 2.31. The van der Waals surface area contributed by atoms with Gasteiger partial charge in [-0.2, -0.15) is 10.2 Å². The summed E-state index contributed by atoms with van der Waals surface area (Å²) in [6, 6.07) is 8.61. The quantitative estimate of drug-likeness (QED) is 0.422. The Morgan fingerprint density at radius 2 is 2.05 bits per heavy atom. The highest BCUT2D eigenvalue weighted by molar-refractivity contribution is 5.94. The number of carbonyl (C=O) groups is 1. The lowest BCUT2D eigenvalue weighted by Crippen LogP contribution is -2.30. The molecule has 0 aliphatic carbocycles. The summed E-state index contributed by atoms with van der Waals surface area (Å²) in [6.45, 7) is 2.00. The van der Waals surface area contributed by atoms with Crippen LogP contribution in [0.1, 0.15) is 21.6 Å². The molecule has 0 bridgehead atoms. The molecule has 1 aliphatic heterocycles. The van der Waals surface area contributed by atoms with E-state index in [1.165, 1.54) is 24.4 Å². The van der Waals surface area contributed by atoms with Crippen LogP contribution in [0, 0.1) is 18.3 Å². The van der Waals surface area contributed by atoms with Crippen molar-refractivity contribution in [1.29, 1.82) is 5.26 Å². The van der Waals surface area contributed by atoms with Gasteiger partial charge in [0.15, 0.2) is 11.4 Å². The Morgan fingerprint density at radius 3 is 2.73 bits per heavy atom. The van der Waals surface area contributed by atoms with E-state index < -0.39 is 12.3 Å². The first-order chi connectivity index (χ1) is 17.9. The molecule has 188 valence electrons. The fraction of sp³-hybridized carbons (Fsp3) is 0.280. The van der Waals surface area contributed by atoms with Gasteiger partial charge in [0.05, 0.1) is 36.9 Å². The van der Waals surface area contributed by atoms with Gasteiger partial charge in [0.1, 0.15) is 35.4 Å². The molecule has 37 heavy (non-hydrogen) atoms. The number of amides is 1. The number of hydrogen-bond donors (Lipinski definition) is 1. The summed E-state index contributed by atoms with van der Waals surface area (Å²) in [7, 11) is 3.25. The zero-order chi connectivity index (χ0) is 26.1. The van der Waals surface area contributed by atoms with E-state index in [4.69, 9.17) is 14.7 Å². The largest absolute Gasteiger partial charge is 0.437 e. The van der Waals surface area contributed by atoms with Crippen LogP contribution < -0.4 is 10.1 Å². The number of likely N-dealkylation sites (tertiary alicyclic amines) is 1. The molecular formula is C25H23FN8O3. The lowest BCUT2D eigenvalue weighted by molar-refractivity contribution is 0.0595. The van der Waals surface area contributed by atoms with Gasteiger partial charge in [0.2, 0.25) is 5.88 Å². The number of rotatable bonds is 6. The summed E-state index contributed by atoms with van der Waals surface area (Å²) in [4.78, 5) is 31.6. The van der Waals surface area contributed by atoms with Gasteiger partial charge in [-0.1, -0.05) is 0 Å². The number of carbonyl (C=O) groups excluding carboxylic acids is 1. The van der Waals surface area contributed by atoms with Crippen molar-refractivity contribution in [2.75, 3.05) is 25.5 Å². The number of alkyl halides is 1. The summed E-state index contributed by atoms with van der Waals surface area (Å²) < 4.78 is 26.8. The average Bonchev–Trinajstić information content (AvgIpc) is 3.47. The molecule has 0 unspecified atom stereocenters. The first-order valence-corrected chi connectivity index (χ1v) is 11.4. The first-order valence-electron chi connectivity index (χ1n) is 11.4. The van der Waals surface area contributed by atoms with Gasteiger partial charge < -0.3 is 24.3 Å². The standard InChI is InChI=1S/C25H23FN8O3/c1-14-6-16(8-27)28-10-19(14)37-22-7-18(23-24(32-22)33(2)13-30-23)31-21-5-4-15(9-29-21)25(35)34-11-17(26)20(12-34)36-3/h4-7,9-10,13,17,20H,11-12H2,1-3H3,(H,29,31,32)/t17-,20-/m1/s1. The lowest BCUT2D eigenvalue weighted by atomic mass is 10.2. The van der Waals surface area contributed by atoms with Crippen LogP contribution in [0.4, 0.5) is 15.9 Å². The van der Waals surface area contributed by atoms with Crippen LogP contribution in [-0.4, -0.2) is 67.8 Å². The molecule has 12 heteroatoms. The Hall–Kier alpha value is -4.63. The van der Waals surface area contributed by atoms with Crippen LogP contribution in [0.2, 0.25) is 0 Å². The molecule has 5 rings (SSSR count). The van der Waals surface area contributed by atoms with Crippen molar-refractivity contribution in [3.05, 3.63) is 59.8 Å². The van der Waals surface area contributed by atoms with E-state index in [1.54, 1.807) is 35.2 Å². The van der Waals surface area contributed by atoms with E-state index in [1.807, 2.05) is 20.0 Å². The summed E-state index contributed by atoms with van der Waals surface area (Å²) >= 11 is 0. The summed E-state index contributed by atoms with van der Waals surface area (Å²) in [6.07, 6.45) is 2.73. The number of nitrogens with zero attached hydrogens (tertiary/aromatic N) is 7. The Balaban J connectivity index is 1.38. The van der Waals surface area contributed by atoms with E-state index in [9.17, 15) is 9.18 Å². The van der Waals surface area contributed by atoms with Crippen molar-refractivity contribution in [1.82, 2.24) is 29.4 Å². The molecule has 1 N–H and O–H groups in total. The van der Waals surface area contributed by atoms with E-state index in [2.05, 4.69) is 25.3 Å². The predicted octanol–water partition coefficient (Wildman–Crippen LogP) is 3.28. The maximum atomic E-state index is 14.0. The van der Waals surface area contributed by atoms with Crippen LogP contribution in [0.15, 0.2) is 43.0 Å². The molecule has 11 nitrogen and oxygen atoms in total. The van der Waals surface area contributed by atoms with Crippen molar-refractivity contribution < 1.29 is 18.7 Å². The lowest BCUT2D eigenvalue weighted by Gasteiger charge is -2.16. The van der Waals surface area contributed by atoms with Gasteiger partial charge in [0, 0.05) is 26.4 Å². The van der Waals surface area contributed by atoms with Gasteiger partial charge in [-0.25, -0.2) is 19.3 Å². The molecule has 5 heterocycles. The van der Waals surface area contributed by atoms with E-state index >= 15 is 0 Å². The van der Waals surface area contributed by atoms with Crippen LogP contribution in [-0.2, 0) is 11.8 Å². The molecule has 4 aromatic rings. The molecule has 1 aliphatic rings. The molecule has 0 saturated carbocycles. The number of nitriles is 1. The van der Waals surface area contributed by atoms with Gasteiger partial charge >= 0.3 is 0 Å². The molecule has 0 aromatic carbocycles. The van der Waals surface area contributed by atoms with Crippen molar-refractivity contribution >= 4 is 28.6 Å². The fourth-order valence-corrected chi connectivity index (χ4v) is 4.08. The topological polar surface area (TPSA) is 131 Å². The number of imidazole rings is 1. The fourth-order valence-electron chi connectivity index (χ4n) is 4.08. The van der Waals surface area contributed by atoms with E-state index in [0.717, 1.165) is 5.56 Å². The molecular weight excluding hydrogens is 479 g/mol. The van der Waals surface area contributed by atoms with Gasteiger partial charge in [-0.05, 0) is 30.7 Å². The Morgan fingerprint density at radius 1 is 1.22 bits per heavy atom. The zero-order valence-electron chi connectivity index (χ0n) is 20.3. The second-order valence-corrected chi connectivity index (χ2v) is 8.64. The third-order valence-electron chi connectivity index (χ3n) is 6.10. The average molecular weight is 503 g/mol. The van der Waals surface area contributed by atoms with Crippen molar-refractivity contribution in [3.8, 4) is 17.7 Å². The van der Waals surface area contributed by atoms with Crippen molar-refractivity contribution in [3.63, 3.8) is 0 Å². The number of aromatic nitrogens is 5. The van der Waals surface area contributed by atoms with Crippen molar-refractivity contribution in [2.24, 2.45) is 7.05 Å². The minimum atomic E-state index is -1.21. The number of halogens is 1. The normalized spacial score (nSPS) is 17.1. The van der Waals surface area contributed by atoms with Crippen LogP contribution in [0.3, 0.4) is 0 Å². The molecule has 1 amide bonds. The van der Waals surface area contributed by atoms with Gasteiger partial charge in [0.25, 0.3) is 5.91 Å². The highest BCUT2D eigenvalue weighted by atomic mass is 19.1. The monoisotopic (exact) mass is 502 g/mol. The molecule has 0 spiro atoms. The number of anilines is 2. The number of nitrogens with one attached hydrogen (secondary N) is 1. The number of fused-ring (bicyclic) bond motifs is 1. The number of aryl methyl sites for hydroxylation is 2. The van der Waals surface area contributed by atoms with Crippen LogP contribution in [0.5, 0.6) is 11.6 Å². The second-order valence-electron chi connectivity index (χ2n) is 8.64. The van der Waals surface area contributed by atoms with Crippen molar-refractivity contribution in [2.45, 2.75) is 19.2 Å². The van der Waals surface area contributed by atoms with E-state index in [-0.39, 0.29) is 19.0 Å². The third-order valence-corrected chi connectivity index (χ3v) is 6.10. The van der Waals surface area contributed by atoms with E-state index in [0.29, 0.717) is 45.6 Å². The summed E-state index contributed by atoms with van der Waals surface area (Å²) in [5.74, 6) is 0.923. The minimum absolute atomic E-state index is 0.0109. The van der Waals surface area contributed by atoms with Crippen LogP contribution in [0.25, 0.3) is 11.2 Å². The Labute approximate surface area is 211 Å².